The number of nitrogens with one attached hydrogen (secondary N) is 1. The van der Waals surface area contributed by atoms with Gasteiger partial charge in [-0.1, -0.05) is 30.3 Å². The molecule has 7 heteroatoms. The second-order valence-electron chi connectivity index (χ2n) is 6.85. The van der Waals surface area contributed by atoms with Crippen molar-refractivity contribution in [2.45, 2.75) is 52.2 Å². The predicted molar refractivity (Wildman–Crippen MR) is 101 cm³/mol. The highest BCUT2D eigenvalue weighted by molar-refractivity contribution is 5.95. The van der Waals surface area contributed by atoms with E-state index in [1.807, 2.05) is 0 Å². The van der Waals surface area contributed by atoms with Crippen LogP contribution in [-0.4, -0.2) is 41.2 Å². The summed E-state index contributed by atoms with van der Waals surface area (Å²) in [5, 5.41) is 12.4. The number of ketones is 1. The molecule has 0 aliphatic carbocycles. The van der Waals surface area contributed by atoms with Crippen LogP contribution >= 0.6 is 0 Å². The van der Waals surface area contributed by atoms with Crippen molar-refractivity contribution in [1.29, 1.82) is 0 Å². The molecule has 0 heterocycles. The average Bonchev–Trinajstić information content (AvgIpc) is 2.57. The van der Waals surface area contributed by atoms with E-state index >= 15 is 0 Å². The van der Waals surface area contributed by atoms with Crippen molar-refractivity contribution in [1.82, 2.24) is 5.32 Å². The smallest absolute Gasteiger partial charge is 0.408 e. The maximum atomic E-state index is 12.1. The van der Waals surface area contributed by atoms with E-state index in [0.717, 1.165) is 6.08 Å². The molecule has 0 aromatic heterocycles. The van der Waals surface area contributed by atoms with Crippen molar-refractivity contribution < 1.29 is 29.0 Å². The lowest BCUT2D eigenvalue weighted by atomic mass is 10.1. The van der Waals surface area contributed by atoms with E-state index in [9.17, 15) is 19.5 Å². The first-order valence-electron chi connectivity index (χ1n) is 8.77. The van der Waals surface area contributed by atoms with Crippen molar-refractivity contribution in [2.24, 2.45) is 0 Å². The van der Waals surface area contributed by atoms with Gasteiger partial charge in [-0.3, -0.25) is 4.79 Å². The number of esters is 1. The Bertz CT molecular complexity index is 675. The van der Waals surface area contributed by atoms with Crippen LogP contribution in [0.5, 0.6) is 0 Å². The zero-order valence-electron chi connectivity index (χ0n) is 16.2. The highest BCUT2D eigenvalue weighted by atomic mass is 16.6. The Balaban J connectivity index is 2.71. The van der Waals surface area contributed by atoms with Gasteiger partial charge in [-0.2, -0.15) is 0 Å². The number of aliphatic hydroxyl groups excluding tert-OH is 1. The maximum Gasteiger partial charge on any atom is 0.408 e. The number of carbonyl (C=O) groups is 3. The summed E-state index contributed by atoms with van der Waals surface area (Å²) < 4.78 is 10.1. The molecule has 0 radical (unpaired) electrons. The molecule has 7 nitrogen and oxygen atoms in total. The molecule has 0 spiro atoms. The molecule has 1 rings (SSSR count). The molecular formula is C20H27NO6. The van der Waals surface area contributed by atoms with Crippen molar-refractivity contribution in [2.75, 3.05) is 6.61 Å². The number of allylic oxidation sites excluding steroid dienone is 1. The standard InChI is InChI=1S/C20H27NO6/c1-5-26-18(24)16(21-19(25)27-20(2,3)4)12-11-15(22)13-17(23)14-9-7-6-8-10-14/h6-10,13,16,23H,5,11-12H2,1-4H3,(H,21,25)/b17-13-/t16-/m0/s1. The van der Waals surface area contributed by atoms with Crippen molar-refractivity contribution in [3.63, 3.8) is 0 Å². The van der Waals surface area contributed by atoms with Gasteiger partial charge >= 0.3 is 12.1 Å². The number of ether oxygens (including phenoxy) is 2. The number of amides is 1. The fraction of sp³-hybridized carbons (Fsp3) is 0.450. The summed E-state index contributed by atoms with van der Waals surface area (Å²) in [6, 6.07) is 7.60. The van der Waals surface area contributed by atoms with Crippen molar-refractivity contribution in [3.05, 3.63) is 42.0 Å². The fourth-order valence-electron chi connectivity index (χ4n) is 2.15. The van der Waals surface area contributed by atoms with E-state index < -0.39 is 23.7 Å². The van der Waals surface area contributed by atoms with E-state index in [-0.39, 0.29) is 31.0 Å². The van der Waals surface area contributed by atoms with E-state index in [1.165, 1.54) is 0 Å². The van der Waals surface area contributed by atoms with Crippen LogP contribution in [0.25, 0.3) is 5.76 Å². The van der Waals surface area contributed by atoms with Gasteiger partial charge in [0.05, 0.1) is 6.61 Å². The van der Waals surface area contributed by atoms with E-state index in [4.69, 9.17) is 9.47 Å². The van der Waals surface area contributed by atoms with Gasteiger partial charge in [-0.05, 0) is 34.1 Å². The molecule has 1 aromatic rings. The summed E-state index contributed by atoms with van der Waals surface area (Å²) in [5.41, 5.74) is -0.205. The Morgan fingerprint density at radius 1 is 1.19 bits per heavy atom. The lowest BCUT2D eigenvalue weighted by Gasteiger charge is -2.22. The lowest BCUT2D eigenvalue weighted by Crippen LogP contribution is -2.44. The van der Waals surface area contributed by atoms with Gasteiger partial charge in [0.2, 0.25) is 0 Å². The van der Waals surface area contributed by atoms with Crippen LogP contribution in [0.2, 0.25) is 0 Å². The molecule has 148 valence electrons. The van der Waals surface area contributed by atoms with Gasteiger partial charge in [-0.15, -0.1) is 0 Å². The number of hydrogen-bond donors (Lipinski definition) is 2. The second-order valence-corrected chi connectivity index (χ2v) is 6.85. The maximum absolute atomic E-state index is 12.1. The van der Waals surface area contributed by atoms with Crippen LogP contribution in [0.15, 0.2) is 36.4 Å². The Morgan fingerprint density at radius 2 is 1.81 bits per heavy atom. The molecule has 0 aliphatic rings. The molecule has 0 saturated carbocycles. The summed E-state index contributed by atoms with van der Waals surface area (Å²) in [7, 11) is 0. The Kier molecular flexibility index (Phi) is 8.51. The van der Waals surface area contributed by atoms with Crippen LogP contribution in [0.3, 0.4) is 0 Å². The van der Waals surface area contributed by atoms with Gasteiger partial charge in [0.15, 0.2) is 5.78 Å². The number of carbonyl (C=O) groups excluding carboxylic acids is 3. The van der Waals surface area contributed by atoms with Crippen molar-refractivity contribution >= 4 is 23.6 Å². The zero-order chi connectivity index (χ0) is 20.4. The Labute approximate surface area is 159 Å². The summed E-state index contributed by atoms with van der Waals surface area (Å²) in [4.78, 5) is 36.0. The topological polar surface area (TPSA) is 102 Å². The summed E-state index contributed by atoms with van der Waals surface area (Å²) in [6.45, 7) is 6.90. The lowest BCUT2D eigenvalue weighted by molar-refractivity contribution is -0.145. The number of hydrogen-bond acceptors (Lipinski definition) is 6. The number of rotatable bonds is 8. The molecule has 0 aliphatic heterocycles. The summed E-state index contributed by atoms with van der Waals surface area (Å²) in [6.07, 6.45) is 0.298. The third-order valence-electron chi connectivity index (χ3n) is 3.31. The van der Waals surface area contributed by atoms with Crippen LogP contribution in [-0.2, 0) is 19.1 Å². The van der Waals surface area contributed by atoms with Crippen LogP contribution < -0.4 is 5.32 Å². The first-order valence-corrected chi connectivity index (χ1v) is 8.77. The average molecular weight is 377 g/mol. The van der Waals surface area contributed by atoms with E-state index in [1.54, 1.807) is 58.0 Å². The molecule has 1 atom stereocenters. The fourth-order valence-corrected chi connectivity index (χ4v) is 2.15. The van der Waals surface area contributed by atoms with Gasteiger partial charge in [0.1, 0.15) is 17.4 Å². The molecule has 1 amide bonds. The van der Waals surface area contributed by atoms with Gasteiger partial charge in [-0.25, -0.2) is 9.59 Å². The largest absolute Gasteiger partial charge is 0.507 e. The second kappa shape index (κ2) is 10.4. The number of alkyl carbamates (subject to hydrolysis) is 1. The van der Waals surface area contributed by atoms with E-state index in [0.29, 0.717) is 5.56 Å². The minimum Gasteiger partial charge on any atom is -0.507 e. The minimum absolute atomic E-state index is 0.0233. The molecule has 0 fully saturated rings. The molecule has 0 unspecified atom stereocenters. The summed E-state index contributed by atoms with van der Waals surface area (Å²) in [5.74, 6) is -1.18. The highest BCUT2D eigenvalue weighted by Gasteiger charge is 2.25. The molecule has 1 aromatic carbocycles. The summed E-state index contributed by atoms with van der Waals surface area (Å²) >= 11 is 0. The third kappa shape index (κ3) is 8.89. The van der Waals surface area contributed by atoms with Crippen LogP contribution in [0.1, 0.15) is 46.1 Å². The zero-order valence-corrected chi connectivity index (χ0v) is 16.2. The SMILES string of the molecule is CCOC(=O)[C@H](CCC(=O)/C=C(\O)c1ccccc1)NC(=O)OC(C)(C)C. The van der Waals surface area contributed by atoms with E-state index in [2.05, 4.69) is 5.32 Å². The van der Waals surface area contributed by atoms with Crippen molar-refractivity contribution in [3.8, 4) is 0 Å². The minimum atomic E-state index is -1.02. The molecule has 0 bridgehead atoms. The number of aliphatic hydroxyl groups is 1. The first-order chi connectivity index (χ1) is 12.6. The molecule has 0 saturated heterocycles. The van der Waals surface area contributed by atoms with Gasteiger partial charge in [0.25, 0.3) is 0 Å². The number of benzene rings is 1. The molecule has 2 N–H and O–H groups in total. The Morgan fingerprint density at radius 3 is 2.37 bits per heavy atom. The highest BCUT2D eigenvalue weighted by Crippen LogP contribution is 2.12. The monoisotopic (exact) mass is 377 g/mol. The van der Waals surface area contributed by atoms with Gasteiger partial charge < -0.3 is 19.9 Å². The van der Waals surface area contributed by atoms with Crippen LogP contribution in [0, 0.1) is 0 Å². The van der Waals surface area contributed by atoms with Gasteiger partial charge in [0, 0.05) is 18.1 Å². The Hall–Kier alpha value is -2.83. The molecular weight excluding hydrogens is 350 g/mol. The normalized spacial score (nSPS) is 12.8. The molecule has 27 heavy (non-hydrogen) atoms. The predicted octanol–water partition coefficient (Wildman–Crippen LogP) is 3.39. The first kappa shape index (κ1) is 22.2. The van der Waals surface area contributed by atoms with Crippen LogP contribution in [0.4, 0.5) is 4.79 Å². The third-order valence-corrected chi connectivity index (χ3v) is 3.31. The quantitative estimate of drug-likeness (QED) is 0.409.